The van der Waals surface area contributed by atoms with Crippen molar-refractivity contribution < 1.29 is 8.42 Å². The molecule has 0 fully saturated rings. The topological polar surface area (TPSA) is 89.2 Å². The Morgan fingerprint density at radius 3 is 2.88 bits per heavy atom. The lowest BCUT2D eigenvalue weighted by molar-refractivity contribution is 0.592. The number of nitrogens with zero attached hydrogens (tertiary/aromatic N) is 4. The van der Waals surface area contributed by atoms with E-state index in [0.29, 0.717) is 10.8 Å². The Morgan fingerprint density at radius 1 is 1.29 bits per heavy atom. The molecule has 122 valence electrons. The van der Waals surface area contributed by atoms with Crippen molar-refractivity contribution in [1.29, 1.82) is 0 Å². The van der Waals surface area contributed by atoms with E-state index in [0.717, 1.165) is 10.2 Å². The number of thiophene rings is 1. The van der Waals surface area contributed by atoms with E-state index in [2.05, 4.69) is 20.6 Å². The number of anilines is 1. The molecule has 0 radical (unpaired) electrons. The quantitative estimate of drug-likeness (QED) is 0.588. The zero-order valence-corrected chi connectivity index (χ0v) is 14.7. The van der Waals surface area contributed by atoms with Crippen molar-refractivity contribution >= 4 is 54.5 Å². The SMILES string of the molecule is CNc1nc2c(S(=O)(=O)c3cccc(Cl)c3)nnn2c2ccsc12. The summed E-state index contributed by atoms with van der Waals surface area (Å²) in [6, 6.07) is 7.87. The fourth-order valence-corrected chi connectivity index (χ4v) is 4.81. The van der Waals surface area contributed by atoms with Gasteiger partial charge < -0.3 is 5.32 Å². The smallest absolute Gasteiger partial charge is 0.229 e. The van der Waals surface area contributed by atoms with Gasteiger partial charge in [-0.15, -0.1) is 16.4 Å². The average Bonchev–Trinajstić information content (AvgIpc) is 3.20. The molecule has 0 atom stereocenters. The van der Waals surface area contributed by atoms with E-state index in [1.807, 2.05) is 11.4 Å². The minimum atomic E-state index is -3.89. The number of hydrogen-bond donors (Lipinski definition) is 1. The molecule has 0 aliphatic heterocycles. The highest BCUT2D eigenvalue weighted by Gasteiger charge is 2.27. The fourth-order valence-electron chi connectivity index (χ4n) is 2.41. The first-order chi connectivity index (χ1) is 11.5. The van der Waals surface area contributed by atoms with Crippen LogP contribution in [0, 0.1) is 0 Å². The summed E-state index contributed by atoms with van der Waals surface area (Å²) in [6.45, 7) is 0. The van der Waals surface area contributed by atoms with Gasteiger partial charge in [0.1, 0.15) is 5.82 Å². The van der Waals surface area contributed by atoms with Gasteiger partial charge in [-0.25, -0.2) is 13.4 Å². The maximum absolute atomic E-state index is 12.9. The van der Waals surface area contributed by atoms with Crippen LogP contribution in [0.4, 0.5) is 5.82 Å². The van der Waals surface area contributed by atoms with Gasteiger partial charge in [0.05, 0.1) is 15.1 Å². The number of nitrogens with one attached hydrogen (secondary N) is 1. The molecular formula is C14H10ClN5O2S2. The number of rotatable bonds is 3. The van der Waals surface area contributed by atoms with Crippen LogP contribution in [0.25, 0.3) is 15.9 Å². The summed E-state index contributed by atoms with van der Waals surface area (Å²) in [5.41, 5.74) is 0.916. The molecule has 1 N–H and O–H groups in total. The van der Waals surface area contributed by atoms with Crippen LogP contribution in [0.15, 0.2) is 45.6 Å². The van der Waals surface area contributed by atoms with Crippen molar-refractivity contribution in [2.75, 3.05) is 12.4 Å². The van der Waals surface area contributed by atoms with Gasteiger partial charge in [-0.3, -0.25) is 0 Å². The number of aromatic nitrogens is 4. The van der Waals surface area contributed by atoms with E-state index in [1.165, 1.54) is 28.0 Å². The molecule has 10 heteroatoms. The molecule has 7 nitrogen and oxygen atoms in total. The average molecular weight is 380 g/mol. The minimum Gasteiger partial charge on any atom is -0.372 e. The highest BCUT2D eigenvalue weighted by atomic mass is 35.5. The van der Waals surface area contributed by atoms with Crippen molar-refractivity contribution in [1.82, 2.24) is 19.8 Å². The van der Waals surface area contributed by atoms with Crippen molar-refractivity contribution in [2.24, 2.45) is 0 Å². The number of fused-ring (bicyclic) bond motifs is 3. The van der Waals surface area contributed by atoms with Crippen molar-refractivity contribution in [3.8, 4) is 0 Å². The Hall–Kier alpha value is -2.23. The predicted molar refractivity (Wildman–Crippen MR) is 92.6 cm³/mol. The zero-order valence-electron chi connectivity index (χ0n) is 12.3. The second kappa shape index (κ2) is 5.40. The van der Waals surface area contributed by atoms with Gasteiger partial charge in [0.15, 0.2) is 5.65 Å². The van der Waals surface area contributed by atoms with Gasteiger partial charge in [0.25, 0.3) is 0 Å². The summed E-state index contributed by atoms with van der Waals surface area (Å²) in [6.07, 6.45) is 0. The summed E-state index contributed by atoms with van der Waals surface area (Å²) < 4.78 is 28.1. The van der Waals surface area contributed by atoms with Crippen molar-refractivity contribution in [3.05, 3.63) is 40.7 Å². The second-order valence-corrected chi connectivity index (χ2v) is 8.15. The third kappa shape index (κ3) is 2.16. The Bertz CT molecular complexity index is 1180. The van der Waals surface area contributed by atoms with E-state index in [9.17, 15) is 8.42 Å². The first kappa shape index (κ1) is 15.3. The van der Waals surface area contributed by atoms with Crippen LogP contribution in [0.3, 0.4) is 0 Å². The van der Waals surface area contributed by atoms with Gasteiger partial charge in [-0.05, 0) is 29.6 Å². The lowest BCUT2D eigenvalue weighted by atomic mass is 10.4. The van der Waals surface area contributed by atoms with Crippen molar-refractivity contribution in [3.63, 3.8) is 0 Å². The first-order valence-corrected chi connectivity index (χ1v) is 9.57. The van der Waals surface area contributed by atoms with Gasteiger partial charge >= 0.3 is 0 Å². The van der Waals surface area contributed by atoms with Crippen LogP contribution < -0.4 is 5.32 Å². The van der Waals surface area contributed by atoms with Crippen LogP contribution >= 0.6 is 22.9 Å². The van der Waals surface area contributed by atoms with Gasteiger partial charge in [-0.1, -0.05) is 22.9 Å². The molecule has 0 aliphatic carbocycles. The lowest BCUT2D eigenvalue weighted by Crippen LogP contribution is -2.05. The molecule has 3 heterocycles. The Balaban J connectivity index is 2.04. The molecule has 1 aromatic carbocycles. The van der Waals surface area contributed by atoms with Crippen LogP contribution in [0.5, 0.6) is 0 Å². The van der Waals surface area contributed by atoms with Crippen LogP contribution in [-0.4, -0.2) is 35.3 Å². The number of benzene rings is 1. The molecule has 0 amide bonds. The lowest BCUT2D eigenvalue weighted by Gasteiger charge is -2.04. The maximum Gasteiger partial charge on any atom is 0.229 e. The summed E-state index contributed by atoms with van der Waals surface area (Å²) >= 11 is 7.40. The summed E-state index contributed by atoms with van der Waals surface area (Å²) in [5.74, 6) is 0.581. The molecule has 0 bridgehead atoms. The molecule has 0 spiro atoms. The van der Waals surface area contributed by atoms with Crippen molar-refractivity contribution in [2.45, 2.75) is 9.92 Å². The Morgan fingerprint density at radius 2 is 2.12 bits per heavy atom. The summed E-state index contributed by atoms with van der Waals surface area (Å²) in [5, 5.41) is 12.9. The van der Waals surface area contributed by atoms with Gasteiger partial charge in [0.2, 0.25) is 14.9 Å². The monoisotopic (exact) mass is 379 g/mol. The third-order valence-electron chi connectivity index (χ3n) is 3.52. The van der Waals surface area contributed by atoms with E-state index < -0.39 is 9.84 Å². The largest absolute Gasteiger partial charge is 0.372 e. The van der Waals surface area contributed by atoms with Gasteiger partial charge in [-0.2, -0.15) is 4.52 Å². The highest BCUT2D eigenvalue weighted by Crippen LogP contribution is 2.31. The molecular weight excluding hydrogens is 370 g/mol. The molecule has 3 aromatic heterocycles. The Kier molecular flexibility index (Phi) is 3.44. The minimum absolute atomic E-state index is 0.0515. The Labute approximate surface area is 145 Å². The highest BCUT2D eigenvalue weighted by molar-refractivity contribution is 7.91. The number of hydrogen-bond acceptors (Lipinski definition) is 7. The third-order valence-corrected chi connectivity index (χ3v) is 6.31. The van der Waals surface area contributed by atoms with E-state index in [1.54, 1.807) is 19.2 Å². The maximum atomic E-state index is 12.9. The molecule has 24 heavy (non-hydrogen) atoms. The summed E-state index contributed by atoms with van der Waals surface area (Å²) in [4.78, 5) is 4.44. The molecule has 0 unspecified atom stereocenters. The van der Waals surface area contributed by atoms with Crippen LogP contribution in [-0.2, 0) is 9.84 Å². The molecule has 0 saturated heterocycles. The predicted octanol–water partition coefficient (Wildman–Crippen LogP) is 2.87. The zero-order chi connectivity index (χ0) is 16.9. The standard InChI is InChI=1S/C14H10ClN5O2S2/c1-16-12-11-10(5-6-23-11)20-13(17-12)14(18-19-20)24(21,22)9-4-2-3-8(15)7-9/h2-7H,1H3,(H,16,17). The molecule has 0 aliphatic rings. The number of sulfone groups is 1. The van der Waals surface area contributed by atoms with Crippen LogP contribution in [0.2, 0.25) is 5.02 Å². The fraction of sp³-hybridized carbons (Fsp3) is 0.0714. The first-order valence-electron chi connectivity index (χ1n) is 6.83. The molecule has 4 aromatic rings. The number of halogens is 1. The summed E-state index contributed by atoms with van der Waals surface area (Å²) in [7, 11) is -2.16. The van der Waals surface area contributed by atoms with Crippen LogP contribution in [0.1, 0.15) is 0 Å². The normalized spacial score (nSPS) is 12.1. The van der Waals surface area contributed by atoms with E-state index in [4.69, 9.17) is 11.6 Å². The van der Waals surface area contributed by atoms with E-state index >= 15 is 0 Å². The molecule has 0 saturated carbocycles. The van der Waals surface area contributed by atoms with E-state index in [-0.39, 0.29) is 15.6 Å². The molecule has 4 rings (SSSR count). The second-order valence-electron chi connectivity index (χ2n) is 4.94. The van der Waals surface area contributed by atoms with Gasteiger partial charge in [0, 0.05) is 12.1 Å².